The average Bonchev–Trinajstić information content (AvgIpc) is 3.35. The molecule has 3 aromatic rings. The highest BCUT2D eigenvalue weighted by molar-refractivity contribution is 7.13. The fraction of sp³-hybridized carbons (Fsp3) is 0.100. The van der Waals surface area contributed by atoms with Gasteiger partial charge in [-0.05, 0) is 5.56 Å². The molecule has 1 aromatic heterocycles. The van der Waals surface area contributed by atoms with Crippen molar-refractivity contribution in [3.8, 4) is 0 Å². The zero-order valence-electron chi connectivity index (χ0n) is 15.2. The predicted molar refractivity (Wildman–Crippen MR) is 107 cm³/mol. The second-order valence-corrected chi connectivity index (χ2v) is 7.16. The summed E-state index contributed by atoms with van der Waals surface area (Å²) in [6.07, 6.45) is 0. The second-order valence-electron chi connectivity index (χ2n) is 6.35. The molecule has 0 aliphatic carbocycles. The molecule has 4 rings (SSSR count). The number of carbonyl (C=O) groups excluding carboxylic acids is 2. The second kappa shape index (κ2) is 7.36. The van der Waals surface area contributed by atoms with Gasteiger partial charge in [-0.1, -0.05) is 53.8 Å². The monoisotopic (exact) mass is 407 g/mol. The van der Waals surface area contributed by atoms with Crippen molar-refractivity contribution < 1.29 is 19.5 Å². The fourth-order valence-electron chi connectivity index (χ4n) is 3.26. The molecule has 1 saturated heterocycles. The summed E-state index contributed by atoms with van der Waals surface area (Å²) in [5.41, 5.74) is 2.64. The highest BCUT2D eigenvalue weighted by Crippen LogP contribution is 2.42. The van der Waals surface area contributed by atoms with Gasteiger partial charge in [0.15, 0.2) is 7.05 Å². The third-order valence-corrected chi connectivity index (χ3v) is 5.28. The first-order valence-electron chi connectivity index (χ1n) is 8.62. The maximum Gasteiger partial charge on any atom is 0.301 e. The van der Waals surface area contributed by atoms with Gasteiger partial charge in [0, 0.05) is 27.4 Å². The number of anilines is 1. The summed E-state index contributed by atoms with van der Waals surface area (Å²) in [6.45, 7) is 0. The van der Waals surface area contributed by atoms with E-state index in [1.165, 1.54) is 17.5 Å². The molecular weight excluding hydrogens is 392 g/mol. The first-order valence-corrected chi connectivity index (χ1v) is 9.50. The van der Waals surface area contributed by atoms with E-state index < -0.39 is 17.7 Å². The average molecular weight is 407 g/mol. The topological polar surface area (TPSA) is 103 Å². The van der Waals surface area contributed by atoms with Gasteiger partial charge >= 0.3 is 5.91 Å². The first-order chi connectivity index (χ1) is 14.0. The number of rotatable bonds is 4. The van der Waals surface area contributed by atoms with Gasteiger partial charge in [-0.25, -0.2) is 0 Å². The minimum atomic E-state index is -0.942. The van der Waals surface area contributed by atoms with Gasteiger partial charge in [0.25, 0.3) is 11.5 Å². The van der Waals surface area contributed by atoms with Crippen LogP contribution in [0.3, 0.4) is 0 Å². The number of hydrogen-bond acceptors (Lipinski definition) is 7. The standard InChI is InChI=1S/C20H14N4O4S/c1-23(28)14-9-5-8-13(10-14)16-15(17(25)12-6-3-2-4-7-12)18(26)19(27)24(16)20-22-21-11-29-20/h2-11,16H,1H3/p+1. The van der Waals surface area contributed by atoms with Crippen LogP contribution in [0.2, 0.25) is 0 Å². The molecule has 2 heterocycles. The minimum Gasteiger partial charge on any atom is -0.507 e. The van der Waals surface area contributed by atoms with E-state index in [0.29, 0.717) is 21.6 Å². The summed E-state index contributed by atoms with van der Waals surface area (Å²) in [6, 6.07) is 14.1. The first kappa shape index (κ1) is 18.6. The number of ketones is 1. The van der Waals surface area contributed by atoms with E-state index >= 15 is 0 Å². The lowest BCUT2D eigenvalue weighted by Crippen LogP contribution is -2.29. The Balaban J connectivity index is 1.96. The molecule has 2 aromatic carbocycles. The fourth-order valence-corrected chi connectivity index (χ4v) is 3.84. The van der Waals surface area contributed by atoms with Crippen LogP contribution >= 0.6 is 11.3 Å². The molecule has 1 atom stereocenters. The van der Waals surface area contributed by atoms with Gasteiger partial charge in [0.1, 0.15) is 11.3 Å². The van der Waals surface area contributed by atoms with Gasteiger partial charge < -0.3 is 5.11 Å². The molecular formula is C20H15N4O4S+. The van der Waals surface area contributed by atoms with Crippen LogP contribution in [0.15, 0.2) is 65.7 Å². The number of nitroso groups, excluding NO2 is 1. The summed E-state index contributed by atoms with van der Waals surface area (Å²) in [5, 5.41) is 18.8. The molecule has 1 fully saturated rings. The van der Waals surface area contributed by atoms with Gasteiger partial charge in [0.05, 0.1) is 11.6 Å². The minimum absolute atomic E-state index is 0.0675. The Morgan fingerprint density at radius 1 is 1.14 bits per heavy atom. The van der Waals surface area contributed by atoms with E-state index in [1.54, 1.807) is 54.6 Å². The Kier molecular flexibility index (Phi) is 4.73. The molecule has 0 radical (unpaired) electrons. The van der Waals surface area contributed by atoms with Gasteiger partial charge in [0.2, 0.25) is 5.13 Å². The number of amides is 1. The van der Waals surface area contributed by atoms with Gasteiger partial charge in [-0.3, -0.25) is 14.5 Å². The molecule has 0 spiro atoms. The lowest BCUT2D eigenvalue weighted by Gasteiger charge is -2.22. The summed E-state index contributed by atoms with van der Waals surface area (Å²) in [5.74, 6) is -1.93. The van der Waals surface area contributed by atoms with E-state index in [-0.39, 0.29) is 16.5 Å². The predicted octanol–water partition coefficient (Wildman–Crippen LogP) is 3.20. The lowest BCUT2D eigenvalue weighted by molar-refractivity contribution is -0.428. The van der Waals surface area contributed by atoms with Crippen molar-refractivity contribution in [3.63, 3.8) is 0 Å². The van der Waals surface area contributed by atoms with Gasteiger partial charge in [-0.15, -0.1) is 10.2 Å². The molecule has 0 saturated carbocycles. The maximum absolute atomic E-state index is 12.9. The van der Waals surface area contributed by atoms with Crippen molar-refractivity contribution in [2.45, 2.75) is 6.04 Å². The van der Waals surface area contributed by atoms with Crippen LogP contribution in [0.5, 0.6) is 0 Å². The normalized spacial score (nSPS) is 18.2. The quantitative estimate of drug-likeness (QED) is 0.308. The smallest absolute Gasteiger partial charge is 0.301 e. The molecule has 144 valence electrons. The molecule has 29 heavy (non-hydrogen) atoms. The van der Waals surface area contributed by atoms with Crippen molar-refractivity contribution in [2.75, 3.05) is 11.9 Å². The number of Topliss-reactive ketones (excluding diaryl/α,β-unsaturated/α-hetero) is 1. The SMILES string of the molecule is C[N+](=O)c1cccc(C2/C(=C(\O)c3ccccc3)C(=O)C(=O)N2c2nncs2)c1. The van der Waals surface area contributed by atoms with Crippen molar-refractivity contribution in [1.29, 1.82) is 0 Å². The Morgan fingerprint density at radius 2 is 1.90 bits per heavy atom. The summed E-state index contributed by atoms with van der Waals surface area (Å²) in [7, 11) is 1.35. The van der Waals surface area contributed by atoms with Crippen LogP contribution in [0, 0.1) is 4.91 Å². The van der Waals surface area contributed by atoms with Crippen LogP contribution < -0.4 is 4.90 Å². The van der Waals surface area contributed by atoms with Crippen LogP contribution in [-0.4, -0.2) is 38.8 Å². The van der Waals surface area contributed by atoms with E-state index in [2.05, 4.69) is 10.2 Å². The summed E-state index contributed by atoms with van der Waals surface area (Å²) >= 11 is 1.10. The maximum atomic E-state index is 12.9. The van der Waals surface area contributed by atoms with E-state index in [1.807, 2.05) is 0 Å². The van der Waals surface area contributed by atoms with Crippen molar-refractivity contribution in [1.82, 2.24) is 10.2 Å². The van der Waals surface area contributed by atoms with E-state index in [9.17, 15) is 19.6 Å². The van der Waals surface area contributed by atoms with Gasteiger partial charge in [-0.2, -0.15) is 0 Å². The Hall–Kier alpha value is -3.72. The molecule has 1 amide bonds. The highest BCUT2D eigenvalue weighted by Gasteiger charge is 2.48. The molecule has 1 N–H and O–H groups in total. The zero-order valence-corrected chi connectivity index (χ0v) is 16.0. The van der Waals surface area contributed by atoms with E-state index in [0.717, 1.165) is 11.3 Å². The van der Waals surface area contributed by atoms with Crippen molar-refractivity contribution in [2.24, 2.45) is 0 Å². The Bertz CT molecular complexity index is 1140. The van der Waals surface area contributed by atoms with Crippen molar-refractivity contribution >= 4 is 39.6 Å². The third kappa shape index (κ3) is 3.21. The lowest BCUT2D eigenvalue weighted by atomic mass is 9.95. The van der Waals surface area contributed by atoms with Crippen LogP contribution in [0.4, 0.5) is 10.8 Å². The number of aromatic nitrogens is 2. The Labute approximate surface area is 169 Å². The van der Waals surface area contributed by atoms with E-state index in [4.69, 9.17) is 0 Å². The number of hydrogen-bond donors (Lipinski definition) is 1. The van der Waals surface area contributed by atoms with Crippen molar-refractivity contribution in [3.05, 3.63) is 81.7 Å². The molecule has 1 unspecified atom stereocenters. The number of carbonyl (C=O) groups is 2. The number of aliphatic hydroxyl groups is 1. The molecule has 1 aliphatic heterocycles. The third-order valence-electron chi connectivity index (χ3n) is 4.60. The molecule has 8 nitrogen and oxygen atoms in total. The van der Waals surface area contributed by atoms with Crippen LogP contribution in [0.1, 0.15) is 17.2 Å². The molecule has 1 aliphatic rings. The van der Waals surface area contributed by atoms with Crippen LogP contribution in [-0.2, 0) is 9.59 Å². The number of nitrogens with zero attached hydrogens (tertiary/aromatic N) is 4. The zero-order chi connectivity index (χ0) is 20.5. The highest BCUT2D eigenvalue weighted by atomic mass is 32.1. The number of benzene rings is 2. The molecule has 9 heteroatoms. The Morgan fingerprint density at radius 3 is 2.55 bits per heavy atom. The largest absolute Gasteiger partial charge is 0.507 e. The van der Waals surface area contributed by atoms with Crippen LogP contribution in [0.25, 0.3) is 5.76 Å². The summed E-state index contributed by atoms with van der Waals surface area (Å²) in [4.78, 5) is 38.7. The number of aliphatic hydroxyl groups excluding tert-OH is 1. The molecule has 0 bridgehead atoms. The summed E-state index contributed by atoms with van der Waals surface area (Å²) < 4.78 is 0.678.